The number of para-hydroxylation sites is 1. The van der Waals surface area contributed by atoms with Crippen LogP contribution in [-0.2, 0) is 22.3 Å². The smallest absolute Gasteiger partial charge is 0.215 e. The van der Waals surface area contributed by atoms with E-state index >= 15 is 0 Å². The fraction of sp³-hybridized carbons (Fsp3) is 0.381. The molecule has 2 aromatic carbocycles. The van der Waals surface area contributed by atoms with Crippen molar-refractivity contribution in [3.05, 3.63) is 65.5 Å². The Kier molecular flexibility index (Phi) is 9.51. The second kappa shape index (κ2) is 11.6. The number of hydrogen-bond donors (Lipinski definition) is 2. The normalized spacial score (nSPS) is 14.9. The van der Waals surface area contributed by atoms with Crippen LogP contribution in [0.4, 0.5) is 10.1 Å². The third-order valence-electron chi connectivity index (χ3n) is 5.09. The summed E-state index contributed by atoms with van der Waals surface area (Å²) in [4.78, 5) is 8.56. The van der Waals surface area contributed by atoms with Gasteiger partial charge in [0.25, 0.3) is 0 Å². The van der Waals surface area contributed by atoms with Crippen molar-refractivity contribution in [3.63, 3.8) is 0 Å². The molecule has 170 valence electrons. The van der Waals surface area contributed by atoms with E-state index in [1.165, 1.54) is 13.1 Å². The summed E-state index contributed by atoms with van der Waals surface area (Å²) in [6.07, 6.45) is 0. The van der Waals surface area contributed by atoms with Gasteiger partial charge in [-0.15, -0.1) is 24.0 Å². The van der Waals surface area contributed by atoms with Crippen LogP contribution in [0.3, 0.4) is 0 Å². The molecule has 2 aromatic rings. The number of anilines is 1. The predicted octanol–water partition coefficient (Wildman–Crippen LogP) is 2.39. The average Bonchev–Trinajstić information content (AvgIpc) is 2.75. The summed E-state index contributed by atoms with van der Waals surface area (Å²) >= 11 is 0. The maximum Gasteiger partial charge on any atom is 0.215 e. The minimum absolute atomic E-state index is 0. The van der Waals surface area contributed by atoms with Gasteiger partial charge in [0.05, 0.1) is 11.4 Å². The molecule has 0 unspecified atom stereocenters. The van der Waals surface area contributed by atoms with Crippen molar-refractivity contribution in [2.45, 2.75) is 12.3 Å². The van der Waals surface area contributed by atoms with Gasteiger partial charge in [-0.05, 0) is 30.3 Å². The first-order valence-corrected chi connectivity index (χ1v) is 11.5. The zero-order valence-electron chi connectivity index (χ0n) is 17.7. The monoisotopic (exact) mass is 561 g/mol. The lowest BCUT2D eigenvalue weighted by Crippen LogP contribution is -2.52. The Balaban J connectivity index is 0.00000341. The minimum atomic E-state index is -3.31. The molecule has 7 nitrogen and oxygen atoms in total. The zero-order valence-corrected chi connectivity index (χ0v) is 20.9. The second-order valence-electron chi connectivity index (χ2n) is 7.11. The number of aliphatic imine (C=N–C) groups is 1. The van der Waals surface area contributed by atoms with Crippen LogP contribution < -0.4 is 14.9 Å². The van der Waals surface area contributed by atoms with Crippen LogP contribution in [-0.4, -0.2) is 59.6 Å². The molecule has 2 N–H and O–H groups in total. The van der Waals surface area contributed by atoms with Crippen LogP contribution in [0.15, 0.2) is 53.5 Å². The highest BCUT2D eigenvalue weighted by atomic mass is 127. The summed E-state index contributed by atoms with van der Waals surface area (Å²) in [5, 5.41) is 3.34. The lowest BCUT2D eigenvalue weighted by molar-refractivity contribution is 0.370. The molecule has 0 saturated carbocycles. The zero-order chi connectivity index (χ0) is 21.6. The van der Waals surface area contributed by atoms with Gasteiger partial charge in [0.1, 0.15) is 5.82 Å². The third-order valence-corrected chi connectivity index (χ3v) is 6.43. The fourth-order valence-corrected chi connectivity index (χ4v) is 4.26. The molecule has 0 aliphatic carbocycles. The Morgan fingerprint density at radius 3 is 2.39 bits per heavy atom. The molecule has 0 radical (unpaired) electrons. The van der Waals surface area contributed by atoms with Gasteiger partial charge in [-0.2, -0.15) is 0 Å². The first-order valence-electron chi connectivity index (χ1n) is 9.86. The van der Waals surface area contributed by atoms with E-state index in [2.05, 4.69) is 19.9 Å². The van der Waals surface area contributed by atoms with E-state index in [1.54, 1.807) is 25.2 Å². The highest BCUT2D eigenvalue weighted by molar-refractivity contribution is 14.0. The standard InChI is InChI=1S/C21H28FN5O2S.HI/c1-23-21(25-15-17-6-5-7-18(14-17)16-30(28,29)24-2)27-12-10-26(11-13-27)20-9-4-3-8-19(20)22;/h3-9,14,24H,10-13,15-16H2,1-2H3,(H,23,25);1H. The van der Waals surface area contributed by atoms with Crippen LogP contribution in [0.2, 0.25) is 0 Å². The topological polar surface area (TPSA) is 77.0 Å². The van der Waals surface area contributed by atoms with Gasteiger partial charge in [-0.1, -0.05) is 36.4 Å². The highest BCUT2D eigenvalue weighted by Crippen LogP contribution is 2.20. The molecule has 0 spiro atoms. The number of benzene rings is 2. The van der Waals surface area contributed by atoms with Crippen LogP contribution in [0, 0.1) is 5.82 Å². The Labute approximate surface area is 200 Å². The van der Waals surface area contributed by atoms with Gasteiger partial charge < -0.3 is 15.1 Å². The number of hydrogen-bond acceptors (Lipinski definition) is 4. The van der Waals surface area contributed by atoms with Crippen molar-refractivity contribution in [2.24, 2.45) is 4.99 Å². The number of halogens is 2. The molecule has 0 amide bonds. The quantitative estimate of drug-likeness (QED) is 0.322. The van der Waals surface area contributed by atoms with Crippen molar-refractivity contribution in [2.75, 3.05) is 45.2 Å². The Bertz CT molecular complexity index is 995. The Morgan fingerprint density at radius 2 is 1.74 bits per heavy atom. The van der Waals surface area contributed by atoms with Gasteiger partial charge in [0.2, 0.25) is 10.0 Å². The molecule has 10 heteroatoms. The van der Waals surface area contributed by atoms with Gasteiger partial charge in [0.15, 0.2) is 5.96 Å². The molecule has 0 bridgehead atoms. The summed E-state index contributed by atoms with van der Waals surface area (Å²) in [5.74, 6) is 0.523. The number of nitrogens with zero attached hydrogens (tertiary/aromatic N) is 3. The van der Waals surface area contributed by atoms with Crippen molar-refractivity contribution in [1.82, 2.24) is 14.9 Å². The molecule has 1 aliphatic rings. The van der Waals surface area contributed by atoms with Crippen molar-refractivity contribution in [3.8, 4) is 0 Å². The molecule has 0 atom stereocenters. The number of rotatable bonds is 6. The molecule has 1 fully saturated rings. The van der Waals surface area contributed by atoms with E-state index in [4.69, 9.17) is 0 Å². The lowest BCUT2D eigenvalue weighted by atomic mass is 10.1. The van der Waals surface area contributed by atoms with Crippen LogP contribution >= 0.6 is 24.0 Å². The van der Waals surface area contributed by atoms with Crippen LogP contribution in [0.1, 0.15) is 11.1 Å². The summed E-state index contributed by atoms with van der Waals surface area (Å²) in [7, 11) is -0.156. The van der Waals surface area contributed by atoms with E-state index in [0.717, 1.165) is 30.2 Å². The van der Waals surface area contributed by atoms with E-state index in [1.807, 2.05) is 29.2 Å². The summed E-state index contributed by atoms with van der Waals surface area (Å²) in [6.45, 7) is 3.41. The lowest BCUT2D eigenvalue weighted by Gasteiger charge is -2.37. The molecule has 1 saturated heterocycles. The molecular formula is C21H29FIN5O2S. The SMILES string of the molecule is CN=C(NCc1cccc(CS(=O)(=O)NC)c1)N1CCN(c2ccccc2F)CC1.I. The molecule has 3 rings (SSSR count). The van der Waals surface area contributed by atoms with Crippen molar-refractivity contribution in [1.29, 1.82) is 0 Å². The first kappa shape index (κ1) is 25.3. The molecule has 1 heterocycles. The molecular weight excluding hydrogens is 532 g/mol. The van der Waals surface area contributed by atoms with E-state index < -0.39 is 10.0 Å². The largest absolute Gasteiger partial charge is 0.366 e. The third kappa shape index (κ3) is 7.04. The predicted molar refractivity (Wildman–Crippen MR) is 134 cm³/mol. The molecule has 31 heavy (non-hydrogen) atoms. The maximum absolute atomic E-state index is 14.0. The van der Waals surface area contributed by atoms with Crippen molar-refractivity contribution >= 4 is 45.6 Å². The van der Waals surface area contributed by atoms with Gasteiger partial charge in [-0.3, -0.25) is 4.99 Å². The highest BCUT2D eigenvalue weighted by Gasteiger charge is 2.21. The molecule has 1 aliphatic heterocycles. The van der Waals surface area contributed by atoms with Crippen LogP contribution in [0.25, 0.3) is 0 Å². The summed E-state index contributed by atoms with van der Waals surface area (Å²) < 4.78 is 39.9. The fourth-order valence-electron chi connectivity index (χ4n) is 3.50. The van der Waals surface area contributed by atoms with Gasteiger partial charge in [0, 0.05) is 39.8 Å². The molecule has 0 aromatic heterocycles. The van der Waals surface area contributed by atoms with E-state index in [-0.39, 0.29) is 35.5 Å². The van der Waals surface area contributed by atoms with E-state index in [9.17, 15) is 12.8 Å². The Morgan fingerprint density at radius 1 is 1.06 bits per heavy atom. The number of guanidine groups is 1. The van der Waals surface area contributed by atoms with Gasteiger partial charge >= 0.3 is 0 Å². The first-order chi connectivity index (χ1) is 14.4. The van der Waals surface area contributed by atoms with E-state index in [0.29, 0.717) is 25.3 Å². The number of sulfonamides is 1. The van der Waals surface area contributed by atoms with Crippen molar-refractivity contribution < 1.29 is 12.8 Å². The Hall–Kier alpha value is -1.92. The number of piperazine rings is 1. The number of nitrogens with one attached hydrogen (secondary N) is 2. The maximum atomic E-state index is 14.0. The van der Waals surface area contributed by atoms with Gasteiger partial charge in [-0.25, -0.2) is 17.5 Å². The second-order valence-corrected chi connectivity index (χ2v) is 9.04. The minimum Gasteiger partial charge on any atom is -0.366 e. The summed E-state index contributed by atoms with van der Waals surface area (Å²) in [5.41, 5.74) is 2.34. The summed E-state index contributed by atoms with van der Waals surface area (Å²) in [6, 6.07) is 14.3. The average molecular weight is 561 g/mol. The van der Waals surface area contributed by atoms with Crippen LogP contribution in [0.5, 0.6) is 0 Å².